The molecule has 0 spiro atoms. The highest BCUT2D eigenvalue weighted by Crippen LogP contribution is 2.44. The molecule has 0 saturated carbocycles. The van der Waals surface area contributed by atoms with Gasteiger partial charge in [0, 0.05) is 6.42 Å². The highest BCUT2D eigenvalue weighted by molar-refractivity contribution is 5.73. The Balaban J connectivity index is 1.33. The van der Waals surface area contributed by atoms with Crippen molar-refractivity contribution in [1.29, 1.82) is 0 Å². The SMILES string of the molecule is CC(CCC=CCCC=Cc1ccccc1)CC1(C)CC2(C)OC(=O)CC2OO1. The molecular weight excluding hydrogens is 364 g/mol. The van der Waals surface area contributed by atoms with Crippen LogP contribution in [0.3, 0.4) is 0 Å². The number of hydrogen-bond acceptors (Lipinski definition) is 4. The summed E-state index contributed by atoms with van der Waals surface area (Å²) in [7, 11) is 0. The first-order chi connectivity index (χ1) is 13.9. The van der Waals surface area contributed by atoms with Gasteiger partial charge in [0.2, 0.25) is 0 Å². The van der Waals surface area contributed by atoms with E-state index in [1.165, 1.54) is 5.56 Å². The molecule has 0 amide bonds. The number of ether oxygens (including phenoxy) is 1. The van der Waals surface area contributed by atoms with E-state index in [4.69, 9.17) is 14.5 Å². The predicted molar refractivity (Wildman–Crippen MR) is 115 cm³/mol. The van der Waals surface area contributed by atoms with E-state index in [1.807, 2.05) is 13.0 Å². The second-order valence-corrected chi connectivity index (χ2v) is 9.03. The molecule has 0 bridgehead atoms. The van der Waals surface area contributed by atoms with Gasteiger partial charge in [-0.25, -0.2) is 9.78 Å². The maximum Gasteiger partial charge on any atom is 0.309 e. The molecule has 1 aromatic rings. The molecule has 1 aromatic carbocycles. The highest BCUT2D eigenvalue weighted by Gasteiger charge is 2.55. The Morgan fingerprint density at radius 2 is 1.83 bits per heavy atom. The van der Waals surface area contributed by atoms with E-state index >= 15 is 0 Å². The van der Waals surface area contributed by atoms with Crippen LogP contribution in [0.25, 0.3) is 6.08 Å². The van der Waals surface area contributed by atoms with Crippen molar-refractivity contribution in [1.82, 2.24) is 0 Å². The van der Waals surface area contributed by atoms with Crippen molar-refractivity contribution < 1.29 is 19.3 Å². The molecule has 0 radical (unpaired) electrons. The number of rotatable bonds is 9. The molecule has 29 heavy (non-hydrogen) atoms. The van der Waals surface area contributed by atoms with Gasteiger partial charge in [0.1, 0.15) is 17.3 Å². The predicted octanol–water partition coefficient (Wildman–Crippen LogP) is 6.03. The summed E-state index contributed by atoms with van der Waals surface area (Å²) in [6, 6.07) is 10.4. The number of unbranched alkanes of at least 4 members (excludes halogenated alkanes) is 1. The monoisotopic (exact) mass is 398 g/mol. The Hall–Kier alpha value is -1.91. The summed E-state index contributed by atoms with van der Waals surface area (Å²) < 4.78 is 5.54. The van der Waals surface area contributed by atoms with Gasteiger partial charge in [0.05, 0.1) is 6.42 Å². The topological polar surface area (TPSA) is 44.8 Å². The van der Waals surface area contributed by atoms with Gasteiger partial charge in [0.25, 0.3) is 0 Å². The first kappa shape index (κ1) is 21.8. The summed E-state index contributed by atoms with van der Waals surface area (Å²) in [4.78, 5) is 22.9. The average molecular weight is 399 g/mol. The number of carbonyl (C=O) groups is 1. The zero-order valence-corrected chi connectivity index (χ0v) is 17.9. The molecule has 2 aliphatic rings. The largest absolute Gasteiger partial charge is 0.456 e. The molecule has 2 saturated heterocycles. The molecule has 4 unspecified atom stereocenters. The van der Waals surface area contributed by atoms with E-state index in [1.54, 1.807) is 0 Å². The molecule has 0 aliphatic carbocycles. The Bertz CT molecular complexity index is 726. The van der Waals surface area contributed by atoms with Gasteiger partial charge in [-0.15, -0.1) is 0 Å². The summed E-state index contributed by atoms with van der Waals surface area (Å²) in [5.41, 5.74) is 0.276. The molecule has 3 rings (SSSR count). The molecule has 4 heteroatoms. The molecule has 2 aliphatic heterocycles. The number of allylic oxidation sites excluding steroid dienone is 3. The van der Waals surface area contributed by atoms with Gasteiger partial charge >= 0.3 is 5.97 Å². The Morgan fingerprint density at radius 1 is 1.10 bits per heavy atom. The lowest BCUT2D eigenvalue weighted by molar-refractivity contribution is -0.429. The minimum absolute atomic E-state index is 0.192. The second kappa shape index (κ2) is 9.73. The normalized spacial score (nSPS) is 30.6. The Kier molecular flexibility index (Phi) is 7.31. The lowest BCUT2D eigenvalue weighted by Crippen LogP contribution is -2.52. The van der Waals surface area contributed by atoms with Crippen molar-refractivity contribution in [3.63, 3.8) is 0 Å². The third kappa shape index (κ3) is 6.28. The maximum absolute atomic E-state index is 11.6. The van der Waals surface area contributed by atoms with Crippen molar-refractivity contribution in [2.45, 2.75) is 83.0 Å². The summed E-state index contributed by atoms with van der Waals surface area (Å²) in [5.74, 6) is 0.311. The zero-order valence-electron chi connectivity index (χ0n) is 17.9. The quantitative estimate of drug-likeness (QED) is 0.221. The first-order valence-electron chi connectivity index (χ1n) is 10.8. The summed E-state index contributed by atoms with van der Waals surface area (Å²) in [5, 5.41) is 0. The van der Waals surface area contributed by atoms with Crippen molar-refractivity contribution in [3.8, 4) is 0 Å². The van der Waals surface area contributed by atoms with Crippen molar-refractivity contribution >= 4 is 12.0 Å². The van der Waals surface area contributed by atoms with Crippen LogP contribution >= 0.6 is 0 Å². The minimum Gasteiger partial charge on any atom is -0.456 e. The Morgan fingerprint density at radius 3 is 2.62 bits per heavy atom. The van der Waals surface area contributed by atoms with Crippen molar-refractivity contribution in [2.24, 2.45) is 5.92 Å². The van der Waals surface area contributed by atoms with Gasteiger partial charge in [-0.3, -0.25) is 4.79 Å². The van der Waals surface area contributed by atoms with Gasteiger partial charge in [-0.2, -0.15) is 0 Å². The second-order valence-electron chi connectivity index (χ2n) is 9.03. The van der Waals surface area contributed by atoms with Crippen molar-refractivity contribution in [3.05, 3.63) is 54.1 Å². The van der Waals surface area contributed by atoms with E-state index in [0.29, 0.717) is 12.3 Å². The molecular formula is C25H34O4. The van der Waals surface area contributed by atoms with Crippen molar-refractivity contribution in [2.75, 3.05) is 0 Å². The van der Waals surface area contributed by atoms with Crippen LogP contribution in [-0.4, -0.2) is 23.3 Å². The van der Waals surface area contributed by atoms with E-state index in [0.717, 1.165) is 32.1 Å². The van der Waals surface area contributed by atoms with Crippen LogP contribution in [0.2, 0.25) is 0 Å². The van der Waals surface area contributed by atoms with Crippen LogP contribution in [-0.2, 0) is 19.3 Å². The lowest BCUT2D eigenvalue weighted by atomic mass is 9.79. The third-order valence-corrected chi connectivity index (χ3v) is 5.85. The van der Waals surface area contributed by atoms with Crippen LogP contribution in [0.5, 0.6) is 0 Å². The molecule has 0 N–H and O–H groups in total. The van der Waals surface area contributed by atoms with E-state index in [-0.39, 0.29) is 18.5 Å². The van der Waals surface area contributed by atoms with E-state index in [9.17, 15) is 4.79 Å². The van der Waals surface area contributed by atoms with Gasteiger partial charge in [-0.1, -0.05) is 61.6 Å². The van der Waals surface area contributed by atoms with Gasteiger partial charge < -0.3 is 4.74 Å². The fourth-order valence-electron chi connectivity index (χ4n) is 4.50. The number of esters is 1. The number of carbonyl (C=O) groups excluding carboxylic acids is 1. The molecule has 4 atom stereocenters. The average Bonchev–Trinajstić information content (AvgIpc) is 2.96. The molecule has 2 heterocycles. The fraction of sp³-hybridized carbons (Fsp3) is 0.560. The summed E-state index contributed by atoms with van der Waals surface area (Å²) in [6.45, 7) is 6.27. The van der Waals surface area contributed by atoms with E-state index < -0.39 is 11.2 Å². The smallest absolute Gasteiger partial charge is 0.309 e. The lowest BCUT2D eigenvalue weighted by Gasteiger charge is -2.44. The Labute approximate surface area is 174 Å². The van der Waals surface area contributed by atoms with Crippen LogP contribution in [0.15, 0.2) is 48.6 Å². The van der Waals surface area contributed by atoms with Crippen LogP contribution in [0.4, 0.5) is 0 Å². The molecule has 158 valence electrons. The number of benzene rings is 1. The molecule has 2 fully saturated rings. The highest BCUT2D eigenvalue weighted by atomic mass is 17.2. The fourth-order valence-corrected chi connectivity index (χ4v) is 4.50. The summed E-state index contributed by atoms with van der Waals surface area (Å²) >= 11 is 0. The van der Waals surface area contributed by atoms with Gasteiger partial charge in [0.15, 0.2) is 0 Å². The van der Waals surface area contributed by atoms with Crippen LogP contribution in [0.1, 0.15) is 71.3 Å². The molecule has 4 nitrogen and oxygen atoms in total. The number of fused-ring (bicyclic) bond motifs is 1. The van der Waals surface area contributed by atoms with Crippen LogP contribution < -0.4 is 0 Å². The minimum atomic E-state index is -0.559. The standard InChI is InChI=1S/C25H34O4/c1-20(13-9-6-4-5-7-10-14-21-15-11-8-12-16-21)18-24(2)19-25(3)22(28-29-24)17-23(26)27-25/h4,6,8,10-12,14-16,20,22H,5,7,9,13,17-19H2,1-3H3. The first-order valence-corrected chi connectivity index (χ1v) is 10.8. The zero-order chi connectivity index (χ0) is 20.7. The maximum atomic E-state index is 11.6. The van der Waals surface area contributed by atoms with E-state index in [2.05, 4.69) is 62.4 Å². The third-order valence-electron chi connectivity index (χ3n) is 5.85. The summed E-state index contributed by atoms with van der Waals surface area (Å²) in [6.07, 6.45) is 14.8. The number of hydrogen-bond donors (Lipinski definition) is 0. The van der Waals surface area contributed by atoms with Gasteiger partial charge in [-0.05, 0) is 57.4 Å². The van der Waals surface area contributed by atoms with Crippen LogP contribution in [0, 0.1) is 5.92 Å². The molecule has 0 aromatic heterocycles.